The summed E-state index contributed by atoms with van der Waals surface area (Å²) in [5, 5.41) is 9.17. The second-order valence-corrected chi connectivity index (χ2v) is 13.3. The Balaban J connectivity index is 0.000000274. The van der Waals surface area contributed by atoms with Crippen molar-refractivity contribution < 1.29 is 18.3 Å². The lowest BCUT2D eigenvalue weighted by atomic mass is 9.95. The normalized spacial score (nSPS) is 24.7. The molecule has 0 spiro atoms. The van der Waals surface area contributed by atoms with E-state index in [2.05, 4.69) is 25.0 Å². The van der Waals surface area contributed by atoms with Gasteiger partial charge in [0.05, 0.1) is 35.9 Å². The maximum absolute atomic E-state index is 16.5. The van der Waals surface area contributed by atoms with Crippen molar-refractivity contribution in [2.24, 2.45) is 0 Å². The third-order valence-corrected chi connectivity index (χ3v) is 10.4. The van der Waals surface area contributed by atoms with Crippen molar-refractivity contribution in [3.05, 3.63) is 34.7 Å². The number of alkyl halides is 1. The van der Waals surface area contributed by atoms with Crippen molar-refractivity contribution in [1.29, 1.82) is 0 Å². The molecular formula is C33H37ClF2N6O2. The van der Waals surface area contributed by atoms with E-state index in [0.29, 0.717) is 46.9 Å². The number of nitrogens with zero attached hydrogens (tertiary/aromatic N) is 5. The molecule has 4 fully saturated rings. The first-order valence-electron chi connectivity index (χ1n) is 16.0. The Labute approximate surface area is 260 Å². The maximum Gasteiger partial charge on any atom is 0.225 e. The summed E-state index contributed by atoms with van der Waals surface area (Å²) in [6.07, 6.45) is 11.0. The Morgan fingerprint density at radius 1 is 1.05 bits per heavy atom. The minimum atomic E-state index is -0.518. The fourth-order valence-electron chi connectivity index (χ4n) is 7.77. The fraction of sp³-hybridized carbons (Fsp3) is 0.545. The number of halogens is 3. The number of pyridine rings is 2. The van der Waals surface area contributed by atoms with Crippen LogP contribution in [-0.4, -0.2) is 76.7 Å². The molecule has 0 amide bonds. The van der Waals surface area contributed by atoms with Crippen molar-refractivity contribution >= 4 is 39.1 Å². The van der Waals surface area contributed by atoms with Crippen LogP contribution in [0.2, 0.25) is 5.02 Å². The number of ether oxygens (including phenoxy) is 2. The number of fused-ring (bicyclic) bond motifs is 4. The van der Waals surface area contributed by atoms with Gasteiger partial charge in [0.2, 0.25) is 11.8 Å². The lowest BCUT2D eigenvalue weighted by molar-refractivity contribution is 0.275. The van der Waals surface area contributed by atoms with Crippen molar-refractivity contribution in [3.8, 4) is 23.0 Å². The quantitative estimate of drug-likeness (QED) is 0.259. The van der Waals surface area contributed by atoms with Crippen LogP contribution in [0.15, 0.2) is 18.3 Å². The van der Waals surface area contributed by atoms with Gasteiger partial charge in [-0.25, -0.2) is 18.7 Å². The average Bonchev–Trinajstić information content (AvgIpc) is 3.57. The van der Waals surface area contributed by atoms with Gasteiger partial charge in [-0.05, 0) is 69.0 Å². The van der Waals surface area contributed by atoms with Gasteiger partial charge in [-0.1, -0.05) is 24.4 Å². The van der Waals surface area contributed by atoms with E-state index in [1.165, 1.54) is 19.3 Å². The highest BCUT2D eigenvalue weighted by Gasteiger charge is 2.36. The summed E-state index contributed by atoms with van der Waals surface area (Å²) in [5.41, 5.74) is 3.63. The Morgan fingerprint density at radius 3 is 2.73 bits per heavy atom. The van der Waals surface area contributed by atoms with Gasteiger partial charge in [-0.15, -0.1) is 0 Å². The monoisotopic (exact) mass is 622 g/mol. The van der Waals surface area contributed by atoms with Crippen LogP contribution in [0, 0.1) is 5.82 Å². The molecule has 8 nitrogen and oxygen atoms in total. The zero-order valence-electron chi connectivity index (χ0n) is 24.9. The van der Waals surface area contributed by atoms with Crippen molar-refractivity contribution in [3.63, 3.8) is 0 Å². The van der Waals surface area contributed by atoms with Crippen molar-refractivity contribution in [2.75, 3.05) is 38.3 Å². The molecule has 0 bridgehead atoms. The number of H-pyrrole nitrogens is 1. The Kier molecular flexibility index (Phi) is 7.24. The largest absolute Gasteiger partial charge is 0.481 e. The van der Waals surface area contributed by atoms with Crippen molar-refractivity contribution in [1.82, 2.24) is 25.1 Å². The predicted octanol–water partition coefficient (Wildman–Crippen LogP) is 7.19. The molecule has 7 heterocycles. The van der Waals surface area contributed by atoms with Crippen LogP contribution in [0.25, 0.3) is 33.1 Å². The van der Waals surface area contributed by atoms with Crippen LogP contribution in [0.1, 0.15) is 69.3 Å². The lowest BCUT2D eigenvalue weighted by Gasteiger charge is -2.30. The lowest BCUT2D eigenvalue weighted by Crippen LogP contribution is -2.38. The number of nitrogens with one attached hydrogen (secondary N) is 1. The van der Waals surface area contributed by atoms with E-state index in [0.717, 1.165) is 73.8 Å². The zero-order chi connectivity index (χ0) is 29.9. The van der Waals surface area contributed by atoms with Gasteiger partial charge in [0.25, 0.3) is 0 Å². The number of aromatic nitrogens is 4. The van der Waals surface area contributed by atoms with Crippen LogP contribution < -0.4 is 14.4 Å². The highest BCUT2D eigenvalue weighted by molar-refractivity contribution is 6.33. The molecule has 3 unspecified atom stereocenters. The number of benzene rings is 1. The molecule has 232 valence electrons. The number of hydrogen-bond acceptors (Lipinski definition) is 7. The summed E-state index contributed by atoms with van der Waals surface area (Å²) in [5.74, 6) is 0.571. The van der Waals surface area contributed by atoms with E-state index < -0.39 is 12.0 Å². The second-order valence-electron chi connectivity index (χ2n) is 12.9. The van der Waals surface area contributed by atoms with Gasteiger partial charge in [0, 0.05) is 41.2 Å². The third kappa shape index (κ3) is 4.85. The van der Waals surface area contributed by atoms with Gasteiger partial charge < -0.3 is 14.4 Å². The molecule has 0 radical (unpaired) electrons. The number of rotatable bonds is 3. The predicted molar refractivity (Wildman–Crippen MR) is 167 cm³/mol. The minimum absolute atomic E-state index is 0.197. The van der Waals surface area contributed by atoms with Crippen LogP contribution in [0.5, 0.6) is 11.8 Å². The molecule has 3 atom stereocenters. The first-order chi connectivity index (χ1) is 21.5. The summed E-state index contributed by atoms with van der Waals surface area (Å²) in [7, 11) is 1.56. The molecule has 4 aliphatic heterocycles. The molecule has 4 aromatic rings. The molecule has 44 heavy (non-hydrogen) atoms. The van der Waals surface area contributed by atoms with E-state index in [1.54, 1.807) is 13.3 Å². The third-order valence-electron chi connectivity index (χ3n) is 10.0. The first kappa shape index (κ1) is 28.2. The minimum Gasteiger partial charge on any atom is -0.481 e. The second kappa shape index (κ2) is 11.3. The number of anilines is 1. The standard InChI is InChI=1S/C26H25ClFN5O2.C7H12FN/c1-34-19-10-18-22-25(30-19)23(28)24(31-26(22)35-12-14-5-3-2-4-8-33(14)18)21-15-11-29-32-17(15)9-16(27)20(21)13-6-7-13;8-6-4-7-2-1-3-9(7)5-6/h9-11,13-14H,2-8,12H2,1H3,(H,29,32);6-7H,1-5H2. The van der Waals surface area contributed by atoms with Gasteiger partial charge >= 0.3 is 0 Å². The first-order valence-corrected chi connectivity index (χ1v) is 16.4. The Hall–Kier alpha value is -3.24. The van der Waals surface area contributed by atoms with E-state index >= 15 is 4.39 Å². The summed E-state index contributed by atoms with van der Waals surface area (Å²) >= 11 is 6.73. The maximum atomic E-state index is 16.5. The molecular weight excluding hydrogens is 586 g/mol. The molecule has 1 saturated carbocycles. The van der Waals surface area contributed by atoms with Gasteiger partial charge in [0.1, 0.15) is 24.0 Å². The van der Waals surface area contributed by atoms with E-state index in [1.807, 2.05) is 12.1 Å². The molecule has 5 aliphatic rings. The fourth-order valence-corrected chi connectivity index (χ4v) is 8.13. The highest BCUT2D eigenvalue weighted by atomic mass is 35.5. The number of methoxy groups -OCH3 is 1. The topological polar surface area (TPSA) is 79.4 Å². The summed E-state index contributed by atoms with van der Waals surface area (Å²) in [6, 6.07) is 4.57. The Bertz CT molecular complexity index is 1720. The van der Waals surface area contributed by atoms with E-state index in [4.69, 9.17) is 26.1 Å². The van der Waals surface area contributed by atoms with Crippen molar-refractivity contribution in [2.45, 2.75) is 82.0 Å². The van der Waals surface area contributed by atoms with Crippen LogP contribution in [0.3, 0.4) is 0 Å². The zero-order valence-corrected chi connectivity index (χ0v) is 25.7. The molecule has 9 rings (SSSR count). The molecule has 1 aromatic carbocycles. The van der Waals surface area contributed by atoms with Crippen LogP contribution >= 0.6 is 11.6 Å². The van der Waals surface area contributed by atoms with Gasteiger partial charge in [-0.2, -0.15) is 5.10 Å². The summed E-state index contributed by atoms with van der Waals surface area (Å²) in [4.78, 5) is 14.0. The Morgan fingerprint density at radius 2 is 1.91 bits per heavy atom. The molecule has 1 aliphatic carbocycles. The molecule has 11 heteroatoms. The van der Waals surface area contributed by atoms with E-state index in [9.17, 15) is 4.39 Å². The van der Waals surface area contributed by atoms with Crippen LogP contribution in [0.4, 0.5) is 14.5 Å². The number of hydrogen-bond donors (Lipinski definition) is 1. The molecule has 3 saturated heterocycles. The van der Waals surface area contributed by atoms with E-state index in [-0.39, 0.29) is 23.2 Å². The number of aromatic amines is 1. The summed E-state index contributed by atoms with van der Waals surface area (Å²) in [6.45, 7) is 3.24. The van der Waals surface area contributed by atoms with Gasteiger partial charge in [-0.3, -0.25) is 10.00 Å². The molecule has 1 N–H and O–H groups in total. The SMILES string of the molecule is COc1cc2c3c(nc(-c4c(C5CC5)c(Cl)cc5[nH]ncc45)c(F)c3n1)OCC1CCCCCN21.FC1CC2CCCN2C1. The highest BCUT2D eigenvalue weighted by Crippen LogP contribution is 2.51. The van der Waals surface area contributed by atoms with Crippen LogP contribution in [-0.2, 0) is 0 Å². The average molecular weight is 623 g/mol. The van der Waals surface area contributed by atoms with Gasteiger partial charge in [0.15, 0.2) is 5.82 Å². The smallest absolute Gasteiger partial charge is 0.225 e. The molecule has 3 aromatic heterocycles. The summed E-state index contributed by atoms with van der Waals surface area (Å²) < 4.78 is 41.0.